The molecule has 2 heterocycles. The predicted octanol–water partition coefficient (Wildman–Crippen LogP) is 1.38. The third-order valence-electron chi connectivity index (χ3n) is 5.47. The highest BCUT2D eigenvalue weighted by atomic mass is 32.2. The van der Waals surface area contributed by atoms with E-state index in [0.29, 0.717) is 23.6 Å². The zero-order valence-electron chi connectivity index (χ0n) is 18.4. The van der Waals surface area contributed by atoms with Gasteiger partial charge in [0.05, 0.1) is 22.2 Å². The molecule has 3 N–H and O–H groups in total. The summed E-state index contributed by atoms with van der Waals surface area (Å²) in [5.74, 6) is -0.0955. The quantitative estimate of drug-likeness (QED) is 0.519. The molecule has 0 aromatic heterocycles. The predicted molar refractivity (Wildman–Crippen MR) is 122 cm³/mol. The van der Waals surface area contributed by atoms with Gasteiger partial charge in [0.1, 0.15) is 12.4 Å². The second-order valence-electron chi connectivity index (χ2n) is 7.83. The van der Waals surface area contributed by atoms with E-state index in [0.717, 1.165) is 23.5 Å². The molecule has 168 valence electrons. The molecule has 0 spiro atoms. The first-order valence-electron chi connectivity index (χ1n) is 10.1. The summed E-state index contributed by atoms with van der Waals surface area (Å²) < 4.78 is 32.6. The van der Waals surface area contributed by atoms with Gasteiger partial charge in [-0.2, -0.15) is 5.10 Å². The molecule has 1 aromatic rings. The van der Waals surface area contributed by atoms with E-state index in [1.54, 1.807) is 19.9 Å². The number of likely N-dealkylation sites (N-methyl/N-ethyl adjacent to an activating group) is 1. The average molecular weight is 448 g/mol. The Kier molecular flexibility index (Phi) is 6.83. The number of nitrogens with one attached hydrogen (secondary N) is 3. The van der Waals surface area contributed by atoms with E-state index in [1.807, 2.05) is 43.3 Å². The van der Waals surface area contributed by atoms with Gasteiger partial charge in [-0.15, -0.1) is 0 Å². The van der Waals surface area contributed by atoms with E-state index >= 15 is 0 Å². The van der Waals surface area contributed by atoms with Crippen molar-refractivity contribution in [3.63, 3.8) is 0 Å². The van der Waals surface area contributed by atoms with Crippen molar-refractivity contribution in [3.05, 3.63) is 41.1 Å². The molecule has 0 bridgehead atoms. The number of carbonyl (C=O) groups is 1. The van der Waals surface area contributed by atoms with Gasteiger partial charge in [0.25, 0.3) is 5.91 Å². The van der Waals surface area contributed by atoms with Crippen LogP contribution in [0.4, 0.5) is 5.69 Å². The van der Waals surface area contributed by atoms with Crippen LogP contribution in [-0.4, -0.2) is 64.5 Å². The van der Waals surface area contributed by atoms with E-state index in [2.05, 4.69) is 20.6 Å². The lowest BCUT2D eigenvalue weighted by Gasteiger charge is -2.22. The number of fused-ring (bicyclic) bond motifs is 1. The summed E-state index contributed by atoms with van der Waals surface area (Å²) in [6, 6.07) is 5.70. The summed E-state index contributed by atoms with van der Waals surface area (Å²) in [6.45, 7) is 4.75. The van der Waals surface area contributed by atoms with Crippen LogP contribution in [-0.2, 0) is 14.8 Å². The van der Waals surface area contributed by atoms with Crippen LogP contribution in [0.3, 0.4) is 0 Å². The first-order valence-corrected chi connectivity index (χ1v) is 11.6. The lowest BCUT2D eigenvalue weighted by atomic mass is 9.93. The molecule has 2 aliphatic rings. The Morgan fingerprint density at radius 2 is 1.97 bits per heavy atom. The normalized spacial score (nSPS) is 20.1. The van der Waals surface area contributed by atoms with Crippen LogP contribution in [0.5, 0.6) is 5.75 Å². The monoisotopic (exact) mass is 447 g/mol. The van der Waals surface area contributed by atoms with Crippen LogP contribution in [0.2, 0.25) is 0 Å². The van der Waals surface area contributed by atoms with Gasteiger partial charge in [0, 0.05) is 23.7 Å². The second kappa shape index (κ2) is 9.21. The average Bonchev–Trinajstić information content (AvgIpc) is 3.13. The molecule has 0 saturated heterocycles. The third-order valence-corrected chi connectivity index (χ3v) is 7.43. The number of allylic oxidation sites excluding steroid dienone is 1. The number of rotatable bonds is 8. The van der Waals surface area contributed by atoms with Crippen LogP contribution in [0.25, 0.3) is 6.08 Å². The van der Waals surface area contributed by atoms with Crippen molar-refractivity contribution in [2.45, 2.75) is 19.1 Å². The van der Waals surface area contributed by atoms with Crippen molar-refractivity contribution in [3.8, 4) is 5.75 Å². The number of benzene rings is 1. The maximum atomic E-state index is 12.5. The van der Waals surface area contributed by atoms with E-state index in [4.69, 9.17) is 4.74 Å². The first kappa shape index (κ1) is 23.0. The number of hydrogen-bond acceptors (Lipinski definition) is 7. The Morgan fingerprint density at radius 1 is 1.23 bits per heavy atom. The standard InChI is InChI=1S/C21H29N5O4S/c1-13(14(2)31(28,29)22-3)20-19(21(27)25-24-20)18-8-6-15-12-16(7-9-17(15)23-18)30-11-10-26(4)5/h6-9,12-14,22-23H,10-11H2,1-5H3,(H,25,27)/b19-18-. The number of anilines is 1. The molecule has 3 rings (SSSR count). The van der Waals surface area contributed by atoms with Crippen molar-refractivity contribution in [1.82, 2.24) is 15.0 Å². The van der Waals surface area contributed by atoms with Gasteiger partial charge in [-0.05, 0) is 52.3 Å². The number of nitrogens with zero attached hydrogens (tertiary/aromatic N) is 2. The topological polar surface area (TPSA) is 112 Å². The van der Waals surface area contributed by atoms with Gasteiger partial charge < -0.3 is 15.0 Å². The number of amides is 1. The minimum absolute atomic E-state index is 0.346. The van der Waals surface area contributed by atoms with Crippen LogP contribution in [0.1, 0.15) is 19.4 Å². The van der Waals surface area contributed by atoms with Gasteiger partial charge in [0.15, 0.2) is 0 Å². The maximum Gasteiger partial charge on any atom is 0.275 e. The fourth-order valence-electron chi connectivity index (χ4n) is 3.34. The Balaban J connectivity index is 1.84. The molecule has 0 saturated carbocycles. The summed E-state index contributed by atoms with van der Waals surface area (Å²) in [5, 5.41) is 6.64. The van der Waals surface area contributed by atoms with Gasteiger partial charge in [0.2, 0.25) is 10.0 Å². The van der Waals surface area contributed by atoms with Crippen molar-refractivity contribution < 1.29 is 17.9 Å². The number of hydrazone groups is 1. The molecule has 2 atom stereocenters. The molecule has 31 heavy (non-hydrogen) atoms. The van der Waals surface area contributed by atoms with Crippen LogP contribution in [0, 0.1) is 5.92 Å². The molecule has 0 aliphatic carbocycles. The molecule has 10 heteroatoms. The molecule has 0 fully saturated rings. The zero-order chi connectivity index (χ0) is 22.8. The van der Waals surface area contributed by atoms with Crippen molar-refractivity contribution in [2.24, 2.45) is 11.0 Å². The highest BCUT2D eigenvalue weighted by Crippen LogP contribution is 2.31. The van der Waals surface area contributed by atoms with E-state index in [-0.39, 0.29) is 5.91 Å². The van der Waals surface area contributed by atoms with E-state index in [1.165, 1.54) is 7.05 Å². The van der Waals surface area contributed by atoms with Crippen LogP contribution >= 0.6 is 0 Å². The van der Waals surface area contributed by atoms with Gasteiger partial charge >= 0.3 is 0 Å². The minimum Gasteiger partial charge on any atom is -0.492 e. The highest BCUT2D eigenvalue weighted by molar-refractivity contribution is 7.90. The molecule has 2 unspecified atom stereocenters. The Labute approximate surface area is 183 Å². The highest BCUT2D eigenvalue weighted by Gasteiger charge is 2.36. The largest absolute Gasteiger partial charge is 0.492 e. The number of ether oxygens (including phenoxy) is 1. The summed E-state index contributed by atoms with van der Waals surface area (Å²) in [6.07, 6.45) is 3.69. The van der Waals surface area contributed by atoms with Crippen molar-refractivity contribution in [1.29, 1.82) is 0 Å². The second-order valence-corrected chi connectivity index (χ2v) is 10.1. The maximum absolute atomic E-state index is 12.5. The lowest BCUT2D eigenvalue weighted by Crippen LogP contribution is -2.38. The minimum atomic E-state index is -3.52. The number of hydrogen-bond donors (Lipinski definition) is 3. The van der Waals surface area contributed by atoms with Gasteiger partial charge in [-0.25, -0.2) is 18.6 Å². The summed E-state index contributed by atoms with van der Waals surface area (Å²) in [5.41, 5.74) is 5.56. The van der Waals surface area contributed by atoms with Crippen molar-refractivity contribution in [2.75, 3.05) is 39.6 Å². The zero-order valence-corrected chi connectivity index (χ0v) is 19.2. The SMILES string of the molecule is CNS(=O)(=O)C(C)C(C)C1=NNC(=O)/C1=C1/C=Cc2cc(OCCN(C)C)ccc2N1. The van der Waals surface area contributed by atoms with Crippen molar-refractivity contribution >= 4 is 33.4 Å². The Morgan fingerprint density at radius 3 is 2.65 bits per heavy atom. The fraction of sp³-hybridized carbons (Fsp3) is 0.429. The third kappa shape index (κ3) is 4.97. The first-order chi connectivity index (χ1) is 14.6. The fourth-order valence-corrected chi connectivity index (χ4v) is 4.38. The smallest absolute Gasteiger partial charge is 0.275 e. The summed E-state index contributed by atoms with van der Waals surface area (Å²) >= 11 is 0. The number of carbonyl (C=O) groups excluding carboxylic acids is 1. The van der Waals surface area contributed by atoms with E-state index in [9.17, 15) is 13.2 Å². The molecule has 0 radical (unpaired) electrons. The Hall–Kier alpha value is -2.69. The molecule has 1 aromatic carbocycles. The molecule has 2 aliphatic heterocycles. The van der Waals surface area contributed by atoms with E-state index < -0.39 is 21.2 Å². The Bertz CT molecular complexity index is 1060. The molecule has 1 amide bonds. The van der Waals surface area contributed by atoms with Gasteiger partial charge in [-0.3, -0.25) is 4.79 Å². The summed E-state index contributed by atoms with van der Waals surface area (Å²) in [7, 11) is 1.83. The van der Waals surface area contributed by atoms with Crippen LogP contribution in [0.15, 0.2) is 40.6 Å². The molecular formula is C21H29N5O4S. The molecular weight excluding hydrogens is 418 g/mol. The lowest BCUT2D eigenvalue weighted by molar-refractivity contribution is -0.116. The summed E-state index contributed by atoms with van der Waals surface area (Å²) in [4.78, 5) is 14.6. The van der Waals surface area contributed by atoms with Gasteiger partial charge in [-0.1, -0.05) is 13.0 Å². The van der Waals surface area contributed by atoms with Crippen LogP contribution < -0.4 is 20.2 Å². The number of sulfonamides is 1. The molecule has 9 nitrogen and oxygen atoms in total.